The lowest BCUT2D eigenvalue weighted by Gasteiger charge is -2.19. The lowest BCUT2D eigenvalue weighted by Crippen LogP contribution is -2.21. The molecular weight excluding hydrogens is 198 g/mol. The van der Waals surface area contributed by atoms with E-state index in [1.807, 2.05) is 24.3 Å². The summed E-state index contributed by atoms with van der Waals surface area (Å²) in [4.78, 5) is 15.7. The van der Waals surface area contributed by atoms with Crippen LogP contribution in [0.1, 0.15) is 35.8 Å². The normalized spacial score (nSPS) is 20.1. The molecule has 1 aromatic carbocycles. The van der Waals surface area contributed by atoms with Crippen molar-refractivity contribution in [1.29, 1.82) is 0 Å². The van der Waals surface area contributed by atoms with E-state index >= 15 is 0 Å². The number of hydrogen-bond acceptors (Lipinski definition) is 1. The zero-order valence-electron chi connectivity index (χ0n) is 9.42. The van der Waals surface area contributed by atoms with Gasteiger partial charge in [0.25, 0.3) is 0 Å². The summed E-state index contributed by atoms with van der Waals surface area (Å²) in [6, 6.07) is 8.09. The highest BCUT2D eigenvalue weighted by Gasteiger charge is 2.29. The van der Waals surface area contributed by atoms with Gasteiger partial charge in [-0.15, -0.1) is 0 Å². The molecule has 0 amide bonds. The standard InChI is InChI=1S/C14H15NO/c1-2-9-7-8-12-13(14(9)16)10-5-3-4-6-11(10)15-12/h3-6,9,15H,2,7-8H2,1H3. The molecule has 2 heteroatoms. The third kappa shape index (κ3) is 1.22. The van der Waals surface area contributed by atoms with Crippen molar-refractivity contribution in [2.75, 3.05) is 0 Å². The molecule has 1 aromatic heterocycles. The molecule has 16 heavy (non-hydrogen) atoms. The van der Waals surface area contributed by atoms with Gasteiger partial charge in [0.15, 0.2) is 5.78 Å². The predicted molar refractivity (Wildman–Crippen MR) is 64.7 cm³/mol. The fraction of sp³-hybridized carbons (Fsp3) is 0.357. The summed E-state index contributed by atoms with van der Waals surface area (Å²) in [5.74, 6) is 0.563. The minimum Gasteiger partial charge on any atom is -0.358 e. The van der Waals surface area contributed by atoms with E-state index in [1.165, 1.54) is 0 Å². The summed E-state index contributed by atoms with van der Waals surface area (Å²) in [5.41, 5.74) is 3.18. The number of aryl methyl sites for hydroxylation is 1. The van der Waals surface area contributed by atoms with Crippen LogP contribution < -0.4 is 0 Å². The third-order valence-electron chi connectivity index (χ3n) is 3.64. The molecule has 0 aliphatic heterocycles. The second-order valence-corrected chi connectivity index (χ2v) is 4.53. The van der Waals surface area contributed by atoms with Crippen LogP contribution in [0.4, 0.5) is 0 Å². The molecule has 82 valence electrons. The predicted octanol–water partition coefficient (Wildman–Crippen LogP) is 3.32. The van der Waals surface area contributed by atoms with Crippen LogP contribution in [0.25, 0.3) is 10.9 Å². The van der Waals surface area contributed by atoms with Crippen molar-refractivity contribution in [3.63, 3.8) is 0 Å². The Morgan fingerprint density at radius 1 is 1.38 bits per heavy atom. The summed E-state index contributed by atoms with van der Waals surface area (Å²) in [5, 5.41) is 1.10. The average molecular weight is 213 g/mol. The first-order valence-electron chi connectivity index (χ1n) is 5.95. The van der Waals surface area contributed by atoms with E-state index in [4.69, 9.17) is 0 Å². The van der Waals surface area contributed by atoms with Gasteiger partial charge in [-0.05, 0) is 25.3 Å². The summed E-state index contributed by atoms with van der Waals surface area (Å²) in [7, 11) is 0. The number of aromatic nitrogens is 1. The number of carbonyl (C=O) groups excluding carboxylic acids is 1. The number of aromatic amines is 1. The monoisotopic (exact) mass is 213 g/mol. The molecule has 1 aliphatic carbocycles. The minimum absolute atomic E-state index is 0.228. The summed E-state index contributed by atoms with van der Waals surface area (Å²) < 4.78 is 0. The van der Waals surface area contributed by atoms with Gasteiger partial charge in [-0.25, -0.2) is 0 Å². The van der Waals surface area contributed by atoms with Gasteiger partial charge in [-0.1, -0.05) is 25.1 Å². The first-order chi connectivity index (χ1) is 7.81. The molecule has 1 unspecified atom stereocenters. The molecule has 0 fully saturated rings. The maximum atomic E-state index is 12.3. The number of Topliss-reactive ketones (excluding diaryl/α,β-unsaturated/α-hetero) is 1. The molecule has 2 aromatic rings. The van der Waals surface area contributed by atoms with E-state index in [1.54, 1.807) is 0 Å². The van der Waals surface area contributed by atoms with Crippen LogP contribution in [0.15, 0.2) is 24.3 Å². The van der Waals surface area contributed by atoms with E-state index in [2.05, 4.69) is 11.9 Å². The molecule has 0 spiro atoms. The van der Waals surface area contributed by atoms with Crippen LogP contribution in [0.3, 0.4) is 0 Å². The largest absolute Gasteiger partial charge is 0.358 e. The fourth-order valence-corrected chi connectivity index (χ4v) is 2.71. The van der Waals surface area contributed by atoms with Crippen LogP contribution in [0.5, 0.6) is 0 Å². The number of fused-ring (bicyclic) bond motifs is 3. The highest BCUT2D eigenvalue weighted by Crippen LogP contribution is 2.32. The van der Waals surface area contributed by atoms with Crippen LogP contribution in [0, 0.1) is 5.92 Å². The Bertz CT molecular complexity index is 553. The molecule has 3 rings (SSSR count). The van der Waals surface area contributed by atoms with Crippen molar-refractivity contribution < 1.29 is 4.79 Å². The number of rotatable bonds is 1. The van der Waals surface area contributed by atoms with Crippen molar-refractivity contribution in [2.24, 2.45) is 5.92 Å². The Labute approximate surface area is 94.7 Å². The third-order valence-corrected chi connectivity index (χ3v) is 3.64. The summed E-state index contributed by atoms with van der Waals surface area (Å²) >= 11 is 0. The van der Waals surface area contributed by atoms with Gasteiger partial charge in [0.1, 0.15) is 0 Å². The lowest BCUT2D eigenvalue weighted by molar-refractivity contribution is 0.0900. The molecule has 1 N–H and O–H groups in total. The number of carbonyl (C=O) groups is 1. The first kappa shape index (κ1) is 9.64. The summed E-state index contributed by atoms with van der Waals surface area (Å²) in [6.07, 6.45) is 2.96. The zero-order chi connectivity index (χ0) is 11.1. The molecule has 2 nitrogen and oxygen atoms in total. The topological polar surface area (TPSA) is 32.9 Å². The van der Waals surface area contributed by atoms with Gasteiger partial charge in [0, 0.05) is 28.1 Å². The van der Waals surface area contributed by atoms with Crippen molar-refractivity contribution in [2.45, 2.75) is 26.2 Å². The van der Waals surface area contributed by atoms with Gasteiger partial charge in [0.05, 0.1) is 0 Å². The van der Waals surface area contributed by atoms with Crippen LogP contribution >= 0.6 is 0 Å². The molecule has 0 radical (unpaired) electrons. The van der Waals surface area contributed by atoms with Gasteiger partial charge in [-0.2, -0.15) is 0 Å². The van der Waals surface area contributed by atoms with Crippen molar-refractivity contribution in [1.82, 2.24) is 4.98 Å². The Hall–Kier alpha value is -1.57. The van der Waals surface area contributed by atoms with Crippen LogP contribution in [-0.2, 0) is 6.42 Å². The number of nitrogens with one attached hydrogen (secondary N) is 1. The van der Waals surface area contributed by atoms with Crippen molar-refractivity contribution >= 4 is 16.7 Å². The highest BCUT2D eigenvalue weighted by atomic mass is 16.1. The average Bonchev–Trinajstić information content (AvgIpc) is 2.68. The SMILES string of the molecule is CCC1CCc2[nH]c3ccccc3c2C1=O. The van der Waals surface area contributed by atoms with E-state index < -0.39 is 0 Å². The minimum atomic E-state index is 0.228. The lowest BCUT2D eigenvalue weighted by atomic mass is 9.84. The maximum Gasteiger partial charge on any atom is 0.168 e. The van der Waals surface area contributed by atoms with Gasteiger partial charge in [0.2, 0.25) is 0 Å². The Balaban J connectivity index is 2.24. The smallest absolute Gasteiger partial charge is 0.168 e. The number of para-hydroxylation sites is 1. The quantitative estimate of drug-likeness (QED) is 0.774. The van der Waals surface area contributed by atoms with Gasteiger partial charge in [-0.3, -0.25) is 4.79 Å². The van der Waals surface area contributed by atoms with Crippen LogP contribution in [0.2, 0.25) is 0 Å². The van der Waals surface area contributed by atoms with E-state index in [-0.39, 0.29) is 5.92 Å². The van der Waals surface area contributed by atoms with Crippen molar-refractivity contribution in [3.8, 4) is 0 Å². The molecule has 1 aliphatic rings. The number of H-pyrrole nitrogens is 1. The highest BCUT2D eigenvalue weighted by molar-refractivity contribution is 6.10. The molecule has 0 bridgehead atoms. The van der Waals surface area contributed by atoms with Crippen LogP contribution in [-0.4, -0.2) is 10.8 Å². The Morgan fingerprint density at radius 2 is 2.19 bits per heavy atom. The molecule has 1 atom stereocenters. The molecule has 0 saturated carbocycles. The fourth-order valence-electron chi connectivity index (χ4n) is 2.71. The molecule has 1 heterocycles. The maximum absolute atomic E-state index is 12.3. The van der Waals surface area contributed by atoms with E-state index in [0.717, 1.165) is 41.4 Å². The number of ketones is 1. The zero-order valence-corrected chi connectivity index (χ0v) is 9.42. The van der Waals surface area contributed by atoms with Gasteiger partial charge >= 0.3 is 0 Å². The number of hydrogen-bond donors (Lipinski definition) is 1. The Kier molecular flexibility index (Phi) is 2.10. The second-order valence-electron chi connectivity index (χ2n) is 4.53. The first-order valence-corrected chi connectivity index (χ1v) is 5.95. The van der Waals surface area contributed by atoms with Crippen molar-refractivity contribution in [3.05, 3.63) is 35.5 Å². The second kappa shape index (κ2) is 3.48. The van der Waals surface area contributed by atoms with Gasteiger partial charge < -0.3 is 4.98 Å². The number of benzene rings is 1. The van der Waals surface area contributed by atoms with E-state index in [0.29, 0.717) is 5.78 Å². The summed E-state index contributed by atoms with van der Waals surface area (Å²) in [6.45, 7) is 2.10. The molecule has 0 saturated heterocycles. The van der Waals surface area contributed by atoms with E-state index in [9.17, 15) is 4.79 Å². The Morgan fingerprint density at radius 3 is 3.00 bits per heavy atom. The molecular formula is C14H15NO.